The van der Waals surface area contributed by atoms with Crippen molar-refractivity contribution >= 4 is 48.7 Å². The number of fused-ring (bicyclic) bond motifs is 1. The number of hydrogen-bond acceptors (Lipinski definition) is 2. The van der Waals surface area contributed by atoms with Gasteiger partial charge in [0.15, 0.2) is 0 Å². The summed E-state index contributed by atoms with van der Waals surface area (Å²) in [4.78, 5) is 0. The third kappa shape index (κ3) is 2.53. The van der Waals surface area contributed by atoms with Gasteiger partial charge in [-0.15, -0.1) is 0 Å². The minimum atomic E-state index is 0.0892. The molecule has 0 aromatic heterocycles. The normalized spacial score (nSPS) is 24.9. The van der Waals surface area contributed by atoms with Crippen molar-refractivity contribution in [2.24, 2.45) is 5.92 Å². The molecular formula is C16H14BrIN2. The summed E-state index contributed by atoms with van der Waals surface area (Å²) in [6.45, 7) is 0.877. The summed E-state index contributed by atoms with van der Waals surface area (Å²) in [5.74, 6) is 0.504. The van der Waals surface area contributed by atoms with Crippen molar-refractivity contribution in [1.82, 2.24) is 0 Å². The van der Waals surface area contributed by atoms with Crippen LogP contribution >= 0.6 is 38.5 Å². The van der Waals surface area contributed by atoms with Crippen molar-refractivity contribution in [1.29, 1.82) is 5.26 Å². The molecule has 1 unspecified atom stereocenters. The standard InChI is InChI=1S/C16H14BrIN2/c17-15-13-3-1-2-12(16(13)20-9-14(15)18)11-6-4-10(8-19)5-7-11/h1-4,6,10-11,20H,5,7,9H2/t10?,11-/m0/s1. The largest absolute Gasteiger partial charge is 0.380 e. The van der Waals surface area contributed by atoms with Crippen molar-refractivity contribution in [2.45, 2.75) is 18.8 Å². The van der Waals surface area contributed by atoms with E-state index >= 15 is 0 Å². The highest BCUT2D eigenvalue weighted by molar-refractivity contribution is 14.1. The summed E-state index contributed by atoms with van der Waals surface area (Å²) in [6, 6.07) is 8.81. The molecular weight excluding hydrogens is 427 g/mol. The fraction of sp³-hybridized carbons (Fsp3) is 0.312. The molecule has 1 aliphatic heterocycles. The second-order valence-electron chi connectivity index (χ2n) is 5.15. The molecule has 0 bridgehead atoms. The average Bonchev–Trinajstić information content (AvgIpc) is 2.51. The van der Waals surface area contributed by atoms with Crippen LogP contribution < -0.4 is 5.32 Å². The van der Waals surface area contributed by atoms with Crippen LogP contribution in [0.25, 0.3) is 4.48 Å². The highest BCUT2D eigenvalue weighted by Crippen LogP contribution is 2.43. The van der Waals surface area contributed by atoms with Crippen LogP contribution in [0.2, 0.25) is 0 Å². The van der Waals surface area contributed by atoms with Crippen LogP contribution in [0.1, 0.15) is 29.9 Å². The smallest absolute Gasteiger partial charge is 0.0697 e. The Morgan fingerprint density at radius 1 is 1.30 bits per heavy atom. The van der Waals surface area contributed by atoms with Gasteiger partial charge < -0.3 is 5.32 Å². The van der Waals surface area contributed by atoms with Crippen LogP contribution in [-0.2, 0) is 0 Å². The number of nitrogens with zero attached hydrogens (tertiary/aromatic N) is 1. The number of hydrogen-bond donors (Lipinski definition) is 1. The number of allylic oxidation sites excluding steroid dienone is 2. The van der Waals surface area contributed by atoms with Gasteiger partial charge in [0.2, 0.25) is 0 Å². The van der Waals surface area contributed by atoms with Crippen LogP contribution in [0, 0.1) is 17.2 Å². The predicted molar refractivity (Wildman–Crippen MR) is 95.0 cm³/mol. The molecule has 1 aromatic rings. The molecule has 2 atom stereocenters. The quantitative estimate of drug-likeness (QED) is 0.482. The van der Waals surface area contributed by atoms with Gasteiger partial charge in [0.1, 0.15) is 0 Å². The van der Waals surface area contributed by atoms with Crippen LogP contribution in [0.4, 0.5) is 5.69 Å². The summed E-state index contributed by atoms with van der Waals surface area (Å²) in [5, 5.41) is 12.5. The van der Waals surface area contributed by atoms with Crippen LogP contribution in [0.3, 0.4) is 0 Å². The van der Waals surface area contributed by atoms with E-state index in [4.69, 9.17) is 5.26 Å². The predicted octanol–water partition coefficient (Wildman–Crippen LogP) is 5.18. The van der Waals surface area contributed by atoms with Crippen LogP contribution in [0.15, 0.2) is 33.9 Å². The number of rotatable bonds is 1. The first-order chi connectivity index (χ1) is 9.70. The molecule has 3 rings (SSSR count). The van der Waals surface area contributed by atoms with E-state index < -0.39 is 0 Å². The Hall–Kier alpha value is -0.800. The zero-order chi connectivity index (χ0) is 14.1. The van der Waals surface area contributed by atoms with Crippen LogP contribution in [0.5, 0.6) is 0 Å². The van der Waals surface area contributed by atoms with E-state index in [1.54, 1.807) is 0 Å². The lowest BCUT2D eigenvalue weighted by atomic mass is 9.83. The second-order valence-corrected chi connectivity index (χ2v) is 7.24. The van der Waals surface area contributed by atoms with Crippen molar-refractivity contribution < 1.29 is 0 Å². The highest BCUT2D eigenvalue weighted by atomic mass is 127. The number of benzene rings is 1. The van der Waals surface area contributed by atoms with E-state index in [0.29, 0.717) is 5.92 Å². The van der Waals surface area contributed by atoms with E-state index in [-0.39, 0.29) is 5.92 Å². The van der Waals surface area contributed by atoms with E-state index in [0.717, 1.165) is 19.4 Å². The molecule has 1 aromatic carbocycles. The van der Waals surface area contributed by atoms with E-state index in [2.05, 4.69) is 80.3 Å². The van der Waals surface area contributed by atoms with Crippen molar-refractivity contribution in [3.63, 3.8) is 0 Å². The van der Waals surface area contributed by atoms with Gasteiger partial charge in [0.05, 0.1) is 12.0 Å². The zero-order valence-electron chi connectivity index (χ0n) is 10.9. The topological polar surface area (TPSA) is 35.8 Å². The summed E-state index contributed by atoms with van der Waals surface area (Å²) in [6.07, 6.45) is 6.26. The molecule has 0 fully saturated rings. The Kier molecular flexibility index (Phi) is 4.18. The van der Waals surface area contributed by atoms with E-state index in [9.17, 15) is 0 Å². The molecule has 1 aliphatic carbocycles. The Balaban J connectivity index is 2.00. The fourth-order valence-corrected chi connectivity index (χ4v) is 3.79. The van der Waals surface area contributed by atoms with Gasteiger partial charge in [-0.05, 0) is 56.9 Å². The molecule has 1 heterocycles. The molecule has 1 N–H and O–H groups in total. The van der Waals surface area contributed by atoms with Gasteiger partial charge in [0, 0.05) is 31.8 Å². The molecule has 0 saturated carbocycles. The summed E-state index contributed by atoms with van der Waals surface area (Å²) < 4.78 is 2.50. The summed E-state index contributed by atoms with van der Waals surface area (Å²) in [5.41, 5.74) is 3.83. The summed E-state index contributed by atoms with van der Waals surface area (Å²) >= 11 is 6.08. The van der Waals surface area contributed by atoms with Crippen molar-refractivity contribution in [2.75, 3.05) is 11.9 Å². The molecule has 4 heteroatoms. The van der Waals surface area contributed by atoms with Gasteiger partial charge in [-0.3, -0.25) is 0 Å². The number of para-hydroxylation sites is 1. The van der Waals surface area contributed by atoms with Crippen LogP contribution in [-0.4, -0.2) is 6.54 Å². The molecule has 2 aliphatic rings. The van der Waals surface area contributed by atoms with Gasteiger partial charge in [-0.1, -0.05) is 30.4 Å². The number of nitrogens with one attached hydrogen (secondary N) is 1. The zero-order valence-corrected chi connectivity index (χ0v) is 14.6. The fourth-order valence-electron chi connectivity index (χ4n) is 2.84. The molecule has 0 radical (unpaired) electrons. The Labute approximate surface area is 141 Å². The third-order valence-electron chi connectivity index (χ3n) is 3.92. The monoisotopic (exact) mass is 440 g/mol. The highest BCUT2D eigenvalue weighted by Gasteiger charge is 2.23. The van der Waals surface area contributed by atoms with Crippen molar-refractivity contribution in [3.8, 4) is 6.07 Å². The maximum atomic E-state index is 8.98. The molecule has 0 spiro atoms. The first kappa shape index (κ1) is 14.2. The SMILES string of the molecule is N#CC1C=C[C@H](c2cccc3c2NCC(I)=C3Br)CC1. The van der Waals surface area contributed by atoms with E-state index in [1.807, 2.05) is 0 Å². The minimum absolute atomic E-state index is 0.0892. The lowest BCUT2D eigenvalue weighted by Gasteiger charge is -2.27. The Bertz CT molecular complexity index is 642. The molecule has 2 nitrogen and oxygen atoms in total. The molecule has 0 amide bonds. The first-order valence-corrected chi connectivity index (χ1v) is 8.57. The maximum Gasteiger partial charge on any atom is 0.0697 e. The molecule has 0 saturated heterocycles. The average molecular weight is 441 g/mol. The molecule has 102 valence electrons. The lowest BCUT2D eigenvalue weighted by molar-refractivity contribution is 0.589. The Morgan fingerprint density at radius 3 is 2.85 bits per heavy atom. The van der Waals surface area contributed by atoms with E-state index in [1.165, 1.54) is 24.9 Å². The molecule has 20 heavy (non-hydrogen) atoms. The Morgan fingerprint density at radius 2 is 2.15 bits per heavy atom. The third-order valence-corrected chi connectivity index (χ3v) is 6.49. The minimum Gasteiger partial charge on any atom is -0.380 e. The number of halogens is 2. The second kappa shape index (κ2) is 5.90. The maximum absolute atomic E-state index is 8.98. The van der Waals surface area contributed by atoms with Crippen molar-refractivity contribution in [3.05, 3.63) is 45.1 Å². The first-order valence-electron chi connectivity index (χ1n) is 6.70. The number of nitriles is 1. The van der Waals surface area contributed by atoms with Gasteiger partial charge in [-0.2, -0.15) is 5.26 Å². The van der Waals surface area contributed by atoms with Gasteiger partial charge in [-0.25, -0.2) is 0 Å². The summed E-state index contributed by atoms with van der Waals surface area (Å²) in [7, 11) is 0. The van der Waals surface area contributed by atoms with Gasteiger partial charge in [0.25, 0.3) is 0 Å². The number of anilines is 1. The lowest BCUT2D eigenvalue weighted by Crippen LogP contribution is -2.14. The van der Waals surface area contributed by atoms with Gasteiger partial charge >= 0.3 is 0 Å².